The van der Waals surface area contributed by atoms with E-state index in [9.17, 15) is 4.79 Å². The third-order valence-corrected chi connectivity index (χ3v) is 4.10. The fourth-order valence-electron chi connectivity index (χ4n) is 1.53. The van der Waals surface area contributed by atoms with Crippen LogP contribution >= 0.6 is 11.3 Å². The van der Waals surface area contributed by atoms with E-state index in [4.69, 9.17) is 0 Å². The Morgan fingerprint density at radius 1 is 1.29 bits per heavy atom. The molecule has 7 heteroatoms. The van der Waals surface area contributed by atoms with Gasteiger partial charge >= 0.3 is 0 Å². The van der Waals surface area contributed by atoms with Crippen LogP contribution in [0.1, 0.15) is 43.0 Å². The van der Waals surface area contributed by atoms with E-state index in [-0.39, 0.29) is 11.3 Å². The van der Waals surface area contributed by atoms with Gasteiger partial charge in [0.05, 0.1) is 5.69 Å². The number of hydrogen-bond donors (Lipinski definition) is 2. The second kappa shape index (κ2) is 5.77. The van der Waals surface area contributed by atoms with Gasteiger partial charge in [0.2, 0.25) is 11.0 Å². The zero-order valence-electron chi connectivity index (χ0n) is 12.8. The molecule has 0 fully saturated rings. The number of aromatic nitrogens is 4. The maximum atomic E-state index is 11.8. The van der Waals surface area contributed by atoms with Crippen LogP contribution in [0.25, 0.3) is 6.08 Å². The van der Waals surface area contributed by atoms with Crippen LogP contribution in [-0.4, -0.2) is 26.1 Å². The summed E-state index contributed by atoms with van der Waals surface area (Å²) in [6, 6.07) is 0. The summed E-state index contributed by atoms with van der Waals surface area (Å²) in [5, 5.41) is 12.2. The second-order valence-corrected chi connectivity index (χ2v) is 6.79. The lowest BCUT2D eigenvalue weighted by molar-refractivity contribution is -0.111. The number of aromatic amines is 1. The number of nitrogens with zero attached hydrogens (tertiary/aromatic N) is 3. The number of carbonyl (C=O) groups is 1. The summed E-state index contributed by atoms with van der Waals surface area (Å²) in [5.41, 5.74) is 1.85. The number of imidazole rings is 1. The lowest BCUT2D eigenvalue weighted by Crippen LogP contribution is -2.10. The van der Waals surface area contributed by atoms with Crippen LogP contribution in [0.3, 0.4) is 0 Å². The number of nitrogens with one attached hydrogen (secondary N) is 2. The second-order valence-electron chi connectivity index (χ2n) is 5.82. The summed E-state index contributed by atoms with van der Waals surface area (Å²) >= 11 is 1.38. The third-order valence-electron chi connectivity index (χ3n) is 2.84. The predicted molar refractivity (Wildman–Crippen MR) is 84.3 cm³/mol. The van der Waals surface area contributed by atoms with E-state index in [0.717, 1.165) is 16.4 Å². The van der Waals surface area contributed by atoms with Crippen molar-refractivity contribution in [1.29, 1.82) is 0 Å². The molecule has 0 aliphatic heterocycles. The lowest BCUT2D eigenvalue weighted by Gasteiger charge is -2.12. The maximum absolute atomic E-state index is 11.8. The average Bonchev–Trinajstić information content (AvgIpc) is 2.95. The molecule has 2 aromatic rings. The van der Waals surface area contributed by atoms with Crippen molar-refractivity contribution in [2.24, 2.45) is 0 Å². The molecule has 0 saturated carbocycles. The number of aryl methyl sites for hydroxylation is 2. The van der Waals surface area contributed by atoms with Crippen LogP contribution in [0, 0.1) is 13.8 Å². The fraction of sp³-hybridized carbons (Fsp3) is 0.429. The monoisotopic (exact) mass is 305 g/mol. The summed E-state index contributed by atoms with van der Waals surface area (Å²) in [6.45, 7) is 10.0. The molecule has 2 N–H and O–H groups in total. The summed E-state index contributed by atoms with van der Waals surface area (Å²) in [5.74, 6) is 0.408. The van der Waals surface area contributed by atoms with Crippen LogP contribution in [0.15, 0.2) is 6.08 Å². The van der Waals surface area contributed by atoms with Crippen LogP contribution in [0.2, 0.25) is 0 Å². The molecule has 6 nitrogen and oxygen atoms in total. The highest BCUT2D eigenvalue weighted by Gasteiger charge is 2.19. The van der Waals surface area contributed by atoms with Crippen molar-refractivity contribution in [3.8, 4) is 0 Å². The number of hydrogen-bond acceptors (Lipinski definition) is 5. The number of rotatable bonds is 3. The van der Waals surface area contributed by atoms with Gasteiger partial charge in [0.1, 0.15) is 10.8 Å². The lowest BCUT2D eigenvalue weighted by atomic mass is 9.98. The Labute approximate surface area is 127 Å². The topological polar surface area (TPSA) is 83.6 Å². The van der Waals surface area contributed by atoms with Gasteiger partial charge in [0, 0.05) is 17.2 Å². The predicted octanol–water partition coefficient (Wildman–Crippen LogP) is 2.83. The van der Waals surface area contributed by atoms with Crippen molar-refractivity contribution < 1.29 is 4.79 Å². The molecule has 21 heavy (non-hydrogen) atoms. The summed E-state index contributed by atoms with van der Waals surface area (Å²) in [4.78, 5) is 19.2. The number of anilines is 1. The minimum absolute atomic E-state index is 0.0697. The third kappa shape index (κ3) is 3.98. The van der Waals surface area contributed by atoms with E-state index in [1.54, 1.807) is 6.08 Å². The minimum Gasteiger partial charge on any atom is -0.342 e. The van der Waals surface area contributed by atoms with Crippen LogP contribution in [0.5, 0.6) is 0 Å². The molecular formula is C14H19N5OS. The summed E-state index contributed by atoms with van der Waals surface area (Å²) in [6.07, 6.45) is 3.07. The highest BCUT2D eigenvalue weighted by atomic mass is 32.1. The van der Waals surface area contributed by atoms with Gasteiger partial charge in [-0.3, -0.25) is 10.1 Å². The van der Waals surface area contributed by atoms with Crippen LogP contribution in [-0.2, 0) is 10.2 Å². The summed E-state index contributed by atoms with van der Waals surface area (Å²) in [7, 11) is 0. The van der Waals surface area contributed by atoms with Crippen molar-refractivity contribution in [3.05, 3.63) is 28.3 Å². The Kier molecular flexibility index (Phi) is 4.22. The Morgan fingerprint density at radius 2 is 2.00 bits per heavy atom. The fourth-order valence-corrected chi connectivity index (χ4v) is 2.34. The van der Waals surface area contributed by atoms with E-state index in [2.05, 4.69) is 46.3 Å². The maximum Gasteiger partial charge on any atom is 0.250 e. The molecule has 0 bridgehead atoms. The molecule has 0 radical (unpaired) electrons. The molecule has 0 aromatic carbocycles. The molecule has 0 saturated heterocycles. The first-order chi connectivity index (χ1) is 9.75. The van der Waals surface area contributed by atoms with Gasteiger partial charge in [-0.15, -0.1) is 10.2 Å². The average molecular weight is 305 g/mol. The number of H-pyrrole nitrogens is 1. The molecule has 0 aliphatic rings. The molecule has 2 rings (SSSR count). The van der Waals surface area contributed by atoms with Crippen molar-refractivity contribution in [2.45, 2.75) is 40.0 Å². The zero-order valence-corrected chi connectivity index (χ0v) is 13.6. The minimum atomic E-state index is -0.252. The zero-order chi connectivity index (χ0) is 15.6. The van der Waals surface area contributed by atoms with Gasteiger partial charge in [-0.05, 0) is 19.9 Å². The SMILES string of the molecule is Cc1nc(/C=C/C(=O)Nc2nnc(C(C)(C)C)s2)[nH]c1C. The van der Waals surface area contributed by atoms with Gasteiger partial charge in [-0.1, -0.05) is 32.1 Å². The summed E-state index contributed by atoms with van der Waals surface area (Å²) < 4.78 is 0. The molecule has 112 valence electrons. The normalized spacial score (nSPS) is 12.0. The number of carbonyl (C=O) groups excluding carboxylic acids is 1. The van der Waals surface area contributed by atoms with Gasteiger partial charge in [-0.2, -0.15) is 0 Å². The van der Waals surface area contributed by atoms with Crippen LogP contribution < -0.4 is 5.32 Å². The van der Waals surface area contributed by atoms with Crippen molar-refractivity contribution in [1.82, 2.24) is 20.2 Å². The van der Waals surface area contributed by atoms with E-state index >= 15 is 0 Å². The first-order valence-electron chi connectivity index (χ1n) is 6.62. The number of amides is 1. The molecule has 0 atom stereocenters. The largest absolute Gasteiger partial charge is 0.342 e. The first kappa shape index (κ1) is 15.4. The molecule has 2 heterocycles. The van der Waals surface area contributed by atoms with Gasteiger partial charge < -0.3 is 4.98 Å². The molecule has 1 amide bonds. The Balaban J connectivity index is 2.00. The van der Waals surface area contributed by atoms with Crippen molar-refractivity contribution >= 4 is 28.5 Å². The Bertz CT molecular complexity index is 658. The first-order valence-corrected chi connectivity index (χ1v) is 7.43. The smallest absolute Gasteiger partial charge is 0.250 e. The van der Waals surface area contributed by atoms with Crippen molar-refractivity contribution in [3.63, 3.8) is 0 Å². The molecular weight excluding hydrogens is 286 g/mol. The Hall–Kier alpha value is -2.02. The molecule has 0 spiro atoms. The molecule has 2 aromatic heterocycles. The van der Waals surface area contributed by atoms with E-state index < -0.39 is 0 Å². The van der Waals surface area contributed by atoms with Gasteiger partial charge in [-0.25, -0.2) is 4.98 Å². The van der Waals surface area contributed by atoms with E-state index in [1.807, 2.05) is 13.8 Å². The van der Waals surface area contributed by atoms with Crippen LogP contribution in [0.4, 0.5) is 5.13 Å². The quantitative estimate of drug-likeness (QED) is 0.854. The Morgan fingerprint density at radius 3 is 2.52 bits per heavy atom. The highest BCUT2D eigenvalue weighted by Crippen LogP contribution is 2.27. The standard InChI is InChI=1S/C14H19N5OS/c1-8-9(2)16-10(15-8)6-7-11(20)17-13-19-18-12(21-13)14(3,4)5/h6-7H,1-5H3,(H,15,16)(H,17,19,20)/b7-6+. The van der Waals surface area contributed by atoms with Crippen molar-refractivity contribution in [2.75, 3.05) is 5.32 Å². The van der Waals surface area contributed by atoms with Gasteiger partial charge in [0.25, 0.3) is 0 Å². The van der Waals surface area contributed by atoms with E-state index in [1.165, 1.54) is 17.4 Å². The molecule has 0 unspecified atom stereocenters. The van der Waals surface area contributed by atoms with E-state index in [0.29, 0.717) is 11.0 Å². The van der Waals surface area contributed by atoms with Gasteiger partial charge in [0.15, 0.2) is 0 Å². The molecule has 0 aliphatic carbocycles. The highest BCUT2D eigenvalue weighted by molar-refractivity contribution is 7.15.